The van der Waals surface area contributed by atoms with Crippen LogP contribution in [0.1, 0.15) is 34.1 Å². The number of pyridine rings is 1. The summed E-state index contributed by atoms with van der Waals surface area (Å²) < 4.78 is 13.3. The van der Waals surface area contributed by atoms with Gasteiger partial charge in [0.2, 0.25) is 5.13 Å². The number of hydrogen-bond acceptors (Lipinski definition) is 5. The SMILES string of the molecule is O=C(Nc1nnc(C2CC2)s1)c1cc(-c2ccc(F)cc2)nc2ccccc12. The lowest BCUT2D eigenvalue weighted by Gasteiger charge is -2.09. The van der Waals surface area contributed by atoms with Gasteiger partial charge in [-0.25, -0.2) is 9.37 Å². The van der Waals surface area contributed by atoms with Gasteiger partial charge in [-0.3, -0.25) is 10.1 Å². The zero-order valence-electron chi connectivity index (χ0n) is 14.7. The Balaban J connectivity index is 1.54. The third-order valence-corrected chi connectivity index (χ3v) is 5.69. The Kier molecular flexibility index (Phi) is 4.09. The van der Waals surface area contributed by atoms with E-state index in [1.807, 2.05) is 24.3 Å². The lowest BCUT2D eigenvalue weighted by molar-refractivity contribution is 0.102. The molecule has 1 N–H and O–H groups in total. The van der Waals surface area contributed by atoms with Crippen LogP contribution in [-0.2, 0) is 0 Å². The van der Waals surface area contributed by atoms with Gasteiger partial charge in [-0.15, -0.1) is 10.2 Å². The molecule has 7 heteroatoms. The largest absolute Gasteiger partial charge is 0.296 e. The molecule has 0 saturated heterocycles. The van der Waals surface area contributed by atoms with Gasteiger partial charge in [0.15, 0.2) is 0 Å². The van der Waals surface area contributed by atoms with Gasteiger partial charge in [-0.1, -0.05) is 29.5 Å². The number of anilines is 1. The van der Waals surface area contributed by atoms with E-state index in [9.17, 15) is 9.18 Å². The summed E-state index contributed by atoms with van der Waals surface area (Å²) in [4.78, 5) is 17.6. The molecule has 1 amide bonds. The van der Waals surface area contributed by atoms with Crippen LogP contribution >= 0.6 is 11.3 Å². The van der Waals surface area contributed by atoms with Crippen molar-refractivity contribution in [3.8, 4) is 11.3 Å². The minimum atomic E-state index is -0.315. The lowest BCUT2D eigenvalue weighted by atomic mass is 10.0. The van der Waals surface area contributed by atoms with E-state index in [1.54, 1.807) is 18.2 Å². The van der Waals surface area contributed by atoms with Crippen molar-refractivity contribution in [2.45, 2.75) is 18.8 Å². The molecule has 0 aliphatic heterocycles. The van der Waals surface area contributed by atoms with Gasteiger partial charge >= 0.3 is 0 Å². The van der Waals surface area contributed by atoms with Crippen LogP contribution in [0.5, 0.6) is 0 Å². The summed E-state index contributed by atoms with van der Waals surface area (Å²) in [5.41, 5.74) is 2.55. The van der Waals surface area contributed by atoms with Crippen molar-refractivity contribution >= 4 is 33.3 Å². The van der Waals surface area contributed by atoms with E-state index in [-0.39, 0.29) is 11.7 Å². The Morgan fingerprint density at radius 3 is 2.64 bits per heavy atom. The van der Waals surface area contributed by atoms with Crippen molar-refractivity contribution in [3.63, 3.8) is 0 Å². The van der Waals surface area contributed by atoms with E-state index in [0.29, 0.717) is 27.8 Å². The number of aromatic nitrogens is 3. The molecule has 0 bridgehead atoms. The molecule has 1 aliphatic rings. The molecule has 0 atom stereocenters. The van der Waals surface area contributed by atoms with Gasteiger partial charge < -0.3 is 0 Å². The Morgan fingerprint density at radius 1 is 1.07 bits per heavy atom. The zero-order valence-corrected chi connectivity index (χ0v) is 15.5. The van der Waals surface area contributed by atoms with Gasteiger partial charge in [-0.2, -0.15) is 0 Å². The normalized spacial score (nSPS) is 13.6. The monoisotopic (exact) mass is 390 g/mol. The highest BCUT2D eigenvalue weighted by atomic mass is 32.1. The second-order valence-electron chi connectivity index (χ2n) is 6.75. The van der Waals surface area contributed by atoms with E-state index < -0.39 is 0 Å². The molecule has 0 spiro atoms. The second-order valence-corrected chi connectivity index (χ2v) is 7.76. The smallest absolute Gasteiger partial charge is 0.258 e. The molecule has 1 saturated carbocycles. The van der Waals surface area contributed by atoms with Crippen molar-refractivity contribution in [1.29, 1.82) is 0 Å². The van der Waals surface area contributed by atoms with E-state index in [1.165, 1.54) is 23.5 Å². The number of carbonyl (C=O) groups is 1. The summed E-state index contributed by atoms with van der Waals surface area (Å²) in [6.45, 7) is 0. The third-order valence-electron chi connectivity index (χ3n) is 4.69. The summed E-state index contributed by atoms with van der Waals surface area (Å²) in [5.74, 6) is -0.0827. The van der Waals surface area contributed by atoms with Crippen molar-refractivity contribution in [2.75, 3.05) is 5.32 Å². The molecule has 2 heterocycles. The topological polar surface area (TPSA) is 67.8 Å². The molecule has 138 valence electrons. The Bertz CT molecular complexity index is 1180. The standard InChI is InChI=1S/C21H15FN4OS/c22-14-9-7-12(8-10-14)18-11-16(15-3-1-2-4-17(15)23-18)19(27)24-21-26-25-20(28-21)13-5-6-13/h1-4,7-11,13H,5-6H2,(H,24,26,27). The fourth-order valence-electron chi connectivity index (χ4n) is 3.08. The highest BCUT2D eigenvalue weighted by Crippen LogP contribution is 2.42. The number of rotatable bonds is 4. The lowest BCUT2D eigenvalue weighted by Crippen LogP contribution is -2.13. The molecular weight excluding hydrogens is 375 g/mol. The first-order chi connectivity index (χ1) is 13.7. The minimum Gasteiger partial charge on any atom is -0.296 e. The highest BCUT2D eigenvalue weighted by Gasteiger charge is 2.28. The van der Waals surface area contributed by atoms with E-state index in [0.717, 1.165) is 28.8 Å². The maximum atomic E-state index is 13.3. The highest BCUT2D eigenvalue weighted by molar-refractivity contribution is 7.15. The van der Waals surface area contributed by atoms with Gasteiger partial charge in [-0.05, 0) is 49.2 Å². The van der Waals surface area contributed by atoms with Crippen LogP contribution in [0.15, 0.2) is 54.6 Å². The van der Waals surface area contributed by atoms with Crippen molar-refractivity contribution in [3.05, 3.63) is 71.0 Å². The van der Waals surface area contributed by atoms with Crippen LogP contribution in [-0.4, -0.2) is 21.1 Å². The van der Waals surface area contributed by atoms with Crippen LogP contribution in [0.2, 0.25) is 0 Å². The first-order valence-electron chi connectivity index (χ1n) is 8.98. The average Bonchev–Trinajstić information content (AvgIpc) is 3.47. The van der Waals surface area contributed by atoms with Gasteiger partial charge in [0.05, 0.1) is 16.8 Å². The van der Waals surface area contributed by atoms with E-state index >= 15 is 0 Å². The van der Waals surface area contributed by atoms with Gasteiger partial charge in [0.1, 0.15) is 10.8 Å². The number of nitrogens with zero attached hydrogens (tertiary/aromatic N) is 3. The molecule has 1 fully saturated rings. The molecule has 0 radical (unpaired) electrons. The van der Waals surface area contributed by atoms with Gasteiger partial charge in [0, 0.05) is 16.9 Å². The maximum absolute atomic E-state index is 13.3. The van der Waals surface area contributed by atoms with Crippen LogP contribution < -0.4 is 5.32 Å². The van der Waals surface area contributed by atoms with E-state index in [2.05, 4.69) is 20.5 Å². The molecule has 4 aromatic rings. The van der Waals surface area contributed by atoms with Crippen molar-refractivity contribution in [2.24, 2.45) is 0 Å². The number of nitrogens with one attached hydrogen (secondary N) is 1. The number of halogens is 1. The molecule has 1 aliphatic carbocycles. The summed E-state index contributed by atoms with van der Waals surface area (Å²) in [5, 5.41) is 13.3. The van der Waals surface area contributed by atoms with Crippen LogP contribution in [0.25, 0.3) is 22.2 Å². The Morgan fingerprint density at radius 2 is 1.86 bits per heavy atom. The number of benzene rings is 2. The molecule has 28 heavy (non-hydrogen) atoms. The minimum absolute atomic E-state index is 0.263. The molecule has 5 rings (SSSR count). The fraction of sp³-hybridized carbons (Fsp3) is 0.143. The molecule has 2 aromatic carbocycles. The first kappa shape index (κ1) is 16.9. The maximum Gasteiger partial charge on any atom is 0.258 e. The van der Waals surface area contributed by atoms with Crippen LogP contribution in [0, 0.1) is 5.82 Å². The quantitative estimate of drug-likeness (QED) is 0.531. The number of amides is 1. The van der Waals surface area contributed by atoms with Crippen LogP contribution in [0.3, 0.4) is 0 Å². The number of hydrogen-bond donors (Lipinski definition) is 1. The van der Waals surface area contributed by atoms with Crippen molar-refractivity contribution < 1.29 is 9.18 Å². The third kappa shape index (κ3) is 3.25. The zero-order chi connectivity index (χ0) is 19.1. The number of fused-ring (bicyclic) bond motifs is 1. The summed E-state index contributed by atoms with van der Waals surface area (Å²) in [6, 6.07) is 15.3. The van der Waals surface area contributed by atoms with Gasteiger partial charge in [0.25, 0.3) is 5.91 Å². The molecule has 2 aromatic heterocycles. The second kappa shape index (κ2) is 6.76. The number of para-hydroxylation sites is 1. The van der Waals surface area contributed by atoms with Crippen LogP contribution in [0.4, 0.5) is 9.52 Å². The Labute approximate surface area is 164 Å². The summed E-state index contributed by atoms with van der Waals surface area (Å²) in [7, 11) is 0. The molecular formula is C21H15FN4OS. The predicted octanol–water partition coefficient (Wildman–Crippen LogP) is 5.02. The molecule has 5 nitrogen and oxygen atoms in total. The average molecular weight is 390 g/mol. The summed E-state index contributed by atoms with van der Waals surface area (Å²) in [6.07, 6.45) is 2.28. The predicted molar refractivity (Wildman–Crippen MR) is 107 cm³/mol. The Hall–Kier alpha value is -3.19. The fourth-order valence-corrected chi connectivity index (χ4v) is 3.98. The first-order valence-corrected chi connectivity index (χ1v) is 9.79. The summed E-state index contributed by atoms with van der Waals surface area (Å²) >= 11 is 1.42. The van der Waals surface area contributed by atoms with E-state index in [4.69, 9.17) is 0 Å². The molecule has 0 unspecified atom stereocenters. The van der Waals surface area contributed by atoms with Crippen molar-refractivity contribution in [1.82, 2.24) is 15.2 Å². The number of carbonyl (C=O) groups excluding carboxylic acids is 1.